The molecule has 0 aliphatic rings. The highest BCUT2D eigenvalue weighted by Gasteiger charge is 2.09. The van der Waals surface area contributed by atoms with Crippen LogP contribution in [0.25, 0.3) is 0 Å². The molecule has 0 aromatic carbocycles. The van der Waals surface area contributed by atoms with E-state index in [-0.39, 0.29) is 5.24 Å². The second kappa shape index (κ2) is 8.12. The van der Waals surface area contributed by atoms with Crippen LogP contribution >= 0.6 is 11.6 Å². The van der Waals surface area contributed by atoms with E-state index >= 15 is 0 Å². The van der Waals surface area contributed by atoms with E-state index < -0.39 is 0 Å². The van der Waals surface area contributed by atoms with Crippen molar-refractivity contribution in [1.82, 2.24) is 4.90 Å². The lowest BCUT2D eigenvalue weighted by atomic mass is 10.1. The zero-order valence-electron chi connectivity index (χ0n) is 10.4. The summed E-state index contributed by atoms with van der Waals surface area (Å²) < 4.78 is 0. The molecular weight excluding hydrogens is 210 g/mol. The van der Waals surface area contributed by atoms with Crippen LogP contribution in [0.2, 0.25) is 0 Å². The predicted octanol–water partition coefficient (Wildman–Crippen LogP) is 3.15. The first-order valence-corrected chi connectivity index (χ1v) is 6.20. The molecule has 0 aromatic heterocycles. The summed E-state index contributed by atoms with van der Waals surface area (Å²) in [6, 6.07) is 0. The molecule has 0 saturated heterocycles. The lowest BCUT2D eigenvalue weighted by Gasteiger charge is -2.25. The third kappa shape index (κ3) is 10.2. The van der Waals surface area contributed by atoms with Gasteiger partial charge in [0.15, 0.2) is 0 Å². The molecule has 0 aliphatic heterocycles. The zero-order valence-corrected chi connectivity index (χ0v) is 11.2. The minimum atomic E-state index is -0.218. The average Bonchev–Trinajstić information content (AvgIpc) is 2.00. The van der Waals surface area contributed by atoms with Gasteiger partial charge in [0.05, 0.1) is 0 Å². The van der Waals surface area contributed by atoms with Gasteiger partial charge in [0.2, 0.25) is 5.24 Å². The van der Waals surface area contributed by atoms with Gasteiger partial charge in [0.25, 0.3) is 0 Å². The normalized spacial score (nSPS) is 11.7. The summed E-state index contributed by atoms with van der Waals surface area (Å²) in [7, 11) is 0. The molecule has 0 aromatic rings. The highest BCUT2D eigenvalue weighted by Crippen LogP contribution is 2.06. The second-order valence-electron chi connectivity index (χ2n) is 5.01. The van der Waals surface area contributed by atoms with Gasteiger partial charge < -0.3 is 4.90 Å². The molecule has 0 N–H and O–H groups in total. The fraction of sp³-hybridized carbons (Fsp3) is 0.917. The molecule has 0 spiro atoms. The fourth-order valence-corrected chi connectivity index (χ4v) is 1.87. The number of halogens is 1. The Balaban J connectivity index is 3.84. The van der Waals surface area contributed by atoms with Gasteiger partial charge in [-0.05, 0) is 36.4 Å². The van der Waals surface area contributed by atoms with E-state index in [1.54, 1.807) is 0 Å². The standard InChI is InChI=1S/C12H24ClNO/c1-10(2)8-14(9-11(3)4)7-5-6-12(13)15/h10-11H,5-9H2,1-4H3. The number of hydrogen-bond donors (Lipinski definition) is 0. The lowest BCUT2D eigenvalue weighted by Crippen LogP contribution is -2.32. The van der Waals surface area contributed by atoms with Gasteiger partial charge in [0, 0.05) is 19.5 Å². The molecule has 15 heavy (non-hydrogen) atoms. The Bertz CT molecular complexity index is 170. The highest BCUT2D eigenvalue weighted by molar-refractivity contribution is 6.63. The van der Waals surface area contributed by atoms with Crippen LogP contribution in [0.4, 0.5) is 0 Å². The van der Waals surface area contributed by atoms with Crippen molar-refractivity contribution in [2.24, 2.45) is 11.8 Å². The van der Waals surface area contributed by atoms with Crippen LogP contribution in [0.3, 0.4) is 0 Å². The van der Waals surface area contributed by atoms with Crippen molar-refractivity contribution < 1.29 is 4.79 Å². The second-order valence-corrected chi connectivity index (χ2v) is 5.43. The van der Waals surface area contributed by atoms with Gasteiger partial charge in [-0.15, -0.1) is 0 Å². The number of carbonyl (C=O) groups is 1. The van der Waals surface area contributed by atoms with Crippen LogP contribution in [-0.4, -0.2) is 29.8 Å². The van der Waals surface area contributed by atoms with Crippen LogP contribution in [0.5, 0.6) is 0 Å². The minimum Gasteiger partial charge on any atom is -0.303 e. The number of rotatable bonds is 8. The van der Waals surface area contributed by atoms with Crippen molar-refractivity contribution in [3.63, 3.8) is 0 Å². The largest absolute Gasteiger partial charge is 0.303 e. The smallest absolute Gasteiger partial charge is 0.221 e. The molecule has 2 nitrogen and oxygen atoms in total. The summed E-state index contributed by atoms with van der Waals surface area (Å²) in [5, 5.41) is -0.218. The topological polar surface area (TPSA) is 20.3 Å². The Morgan fingerprint density at radius 1 is 1.13 bits per heavy atom. The Morgan fingerprint density at radius 3 is 1.93 bits per heavy atom. The van der Waals surface area contributed by atoms with E-state index in [4.69, 9.17) is 11.6 Å². The molecule has 0 fully saturated rings. The van der Waals surface area contributed by atoms with Crippen molar-refractivity contribution in [1.29, 1.82) is 0 Å². The SMILES string of the molecule is CC(C)CN(CCCC(=O)Cl)CC(C)C. The van der Waals surface area contributed by atoms with Gasteiger partial charge >= 0.3 is 0 Å². The molecular formula is C12H24ClNO. The Labute approximate surface area is 99.0 Å². The van der Waals surface area contributed by atoms with E-state index in [0.29, 0.717) is 18.3 Å². The highest BCUT2D eigenvalue weighted by atomic mass is 35.5. The summed E-state index contributed by atoms with van der Waals surface area (Å²) in [5.74, 6) is 1.35. The number of carbonyl (C=O) groups excluding carboxylic acids is 1. The Morgan fingerprint density at radius 2 is 1.60 bits per heavy atom. The number of nitrogens with zero attached hydrogens (tertiary/aromatic N) is 1. The maximum absolute atomic E-state index is 10.6. The van der Waals surface area contributed by atoms with Crippen LogP contribution in [0, 0.1) is 11.8 Å². The Kier molecular flexibility index (Phi) is 8.07. The van der Waals surface area contributed by atoms with E-state index in [1.165, 1.54) is 0 Å². The maximum atomic E-state index is 10.6. The maximum Gasteiger partial charge on any atom is 0.221 e. The van der Waals surface area contributed by atoms with E-state index in [0.717, 1.165) is 26.1 Å². The van der Waals surface area contributed by atoms with Crippen molar-refractivity contribution in [2.75, 3.05) is 19.6 Å². The molecule has 0 heterocycles. The van der Waals surface area contributed by atoms with Crippen LogP contribution in [0.15, 0.2) is 0 Å². The molecule has 0 unspecified atom stereocenters. The molecule has 0 aliphatic carbocycles. The summed E-state index contributed by atoms with van der Waals surface area (Å²) in [6.07, 6.45) is 1.37. The van der Waals surface area contributed by atoms with Gasteiger partial charge in [-0.25, -0.2) is 0 Å². The zero-order chi connectivity index (χ0) is 11.8. The molecule has 0 rings (SSSR count). The van der Waals surface area contributed by atoms with Crippen LogP contribution in [0.1, 0.15) is 40.5 Å². The first-order chi connectivity index (χ1) is 6.91. The van der Waals surface area contributed by atoms with Crippen LogP contribution < -0.4 is 0 Å². The van der Waals surface area contributed by atoms with Crippen molar-refractivity contribution in [3.05, 3.63) is 0 Å². The average molecular weight is 234 g/mol. The first-order valence-electron chi connectivity index (χ1n) is 5.82. The van der Waals surface area contributed by atoms with Crippen molar-refractivity contribution in [3.8, 4) is 0 Å². The molecule has 0 atom stereocenters. The minimum absolute atomic E-state index is 0.218. The molecule has 0 saturated carbocycles. The fourth-order valence-electron chi connectivity index (χ4n) is 1.73. The Hall–Kier alpha value is -0.0800. The first kappa shape index (κ1) is 14.9. The molecule has 90 valence electrons. The summed E-state index contributed by atoms with van der Waals surface area (Å²) in [5.41, 5.74) is 0. The van der Waals surface area contributed by atoms with Gasteiger partial charge in [0.1, 0.15) is 0 Å². The van der Waals surface area contributed by atoms with Gasteiger partial charge in [-0.2, -0.15) is 0 Å². The molecule has 0 radical (unpaired) electrons. The van der Waals surface area contributed by atoms with E-state index in [2.05, 4.69) is 32.6 Å². The summed E-state index contributed by atoms with van der Waals surface area (Å²) >= 11 is 5.32. The molecule has 3 heteroatoms. The van der Waals surface area contributed by atoms with E-state index in [1.807, 2.05) is 0 Å². The third-order valence-electron chi connectivity index (χ3n) is 2.09. The number of hydrogen-bond acceptors (Lipinski definition) is 2. The lowest BCUT2D eigenvalue weighted by molar-refractivity contribution is -0.111. The van der Waals surface area contributed by atoms with Crippen molar-refractivity contribution in [2.45, 2.75) is 40.5 Å². The van der Waals surface area contributed by atoms with Gasteiger partial charge in [-0.1, -0.05) is 27.7 Å². The van der Waals surface area contributed by atoms with Gasteiger partial charge in [-0.3, -0.25) is 4.79 Å². The quantitative estimate of drug-likeness (QED) is 0.601. The molecule has 0 bridgehead atoms. The third-order valence-corrected chi connectivity index (χ3v) is 2.28. The summed E-state index contributed by atoms with van der Waals surface area (Å²) in [6.45, 7) is 12.1. The van der Waals surface area contributed by atoms with E-state index in [9.17, 15) is 4.79 Å². The monoisotopic (exact) mass is 233 g/mol. The predicted molar refractivity (Wildman–Crippen MR) is 66.2 cm³/mol. The van der Waals surface area contributed by atoms with Crippen molar-refractivity contribution >= 4 is 16.8 Å². The summed E-state index contributed by atoms with van der Waals surface area (Å²) in [4.78, 5) is 13.0. The molecule has 0 amide bonds. The van der Waals surface area contributed by atoms with Crippen LogP contribution in [-0.2, 0) is 4.79 Å².